The number of nitrogens with zero attached hydrogens (tertiary/aromatic N) is 2. The molecule has 5 rings (SSSR count). The molecule has 2 nitrogen and oxygen atoms in total. The van der Waals surface area contributed by atoms with Crippen molar-refractivity contribution in [2.45, 2.75) is 0 Å². The van der Waals surface area contributed by atoms with E-state index in [4.69, 9.17) is 0 Å². The molecule has 0 radical (unpaired) electrons. The van der Waals surface area contributed by atoms with Crippen LogP contribution in [0.1, 0.15) is 22.5 Å². The summed E-state index contributed by atoms with van der Waals surface area (Å²) in [5, 5.41) is 0. The summed E-state index contributed by atoms with van der Waals surface area (Å²) in [6.45, 7) is 0. The highest BCUT2D eigenvalue weighted by Gasteiger charge is 2.05. The van der Waals surface area contributed by atoms with Gasteiger partial charge in [-0.3, -0.25) is 9.97 Å². The molecule has 0 bridgehead atoms. The van der Waals surface area contributed by atoms with Gasteiger partial charge >= 0.3 is 0 Å². The summed E-state index contributed by atoms with van der Waals surface area (Å²) >= 11 is 0. The fourth-order valence-electron chi connectivity index (χ4n) is 3.98. The molecule has 2 aromatic heterocycles. The largest absolute Gasteiger partial charge is 0.256 e. The Morgan fingerprint density at radius 2 is 0.794 bits per heavy atom. The summed E-state index contributed by atoms with van der Waals surface area (Å²) in [6, 6.07) is 37.3. The lowest BCUT2D eigenvalue weighted by atomic mass is 10.0. The van der Waals surface area contributed by atoms with Gasteiger partial charge in [-0.1, -0.05) is 109 Å². The maximum Gasteiger partial charge on any atom is 0.0708 e. The van der Waals surface area contributed by atoms with Crippen LogP contribution in [0.4, 0.5) is 0 Å². The zero-order valence-corrected chi connectivity index (χ0v) is 18.8. The predicted octanol–water partition coefficient (Wildman–Crippen LogP) is 8.15. The van der Waals surface area contributed by atoms with Gasteiger partial charge in [0, 0.05) is 23.5 Å². The molecule has 0 saturated heterocycles. The van der Waals surface area contributed by atoms with E-state index < -0.39 is 0 Å². The van der Waals surface area contributed by atoms with E-state index in [1.807, 2.05) is 36.7 Å². The van der Waals surface area contributed by atoms with Gasteiger partial charge in [0.2, 0.25) is 0 Å². The van der Waals surface area contributed by atoms with E-state index in [2.05, 4.69) is 119 Å². The number of rotatable bonds is 6. The third-order valence-electron chi connectivity index (χ3n) is 5.68. The van der Waals surface area contributed by atoms with E-state index in [1.165, 1.54) is 0 Å². The fourth-order valence-corrected chi connectivity index (χ4v) is 3.98. The highest BCUT2D eigenvalue weighted by molar-refractivity contribution is 5.84. The summed E-state index contributed by atoms with van der Waals surface area (Å²) in [5.41, 5.74) is 8.70. The minimum Gasteiger partial charge on any atom is -0.256 e. The van der Waals surface area contributed by atoms with Crippen LogP contribution in [0.5, 0.6) is 0 Å². The Hall–Kier alpha value is -4.56. The van der Waals surface area contributed by atoms with Gasteiger partial charge in [0.15, 0.2) is 0 Å². The molecule has 34 heavy (non-hydrogen) atoms. The lowest BCUT2D eigenvalue weighted by Gasteiger charge is -2.07. The first kappa shape index (κ1) is 21.3. The molecule has 3 aromatic carbocycles. The van der Waals surface area contributed by atoms with Gasteiger partial charge in [0.05, 0.1) is 11.4 Å². The third kappa shape index (κ3) is 4.92. The Morgan fingerprint density at radius 1 is 0.382 bits per heavy atom. The molecule has 0 unspecified atom stereocenters. The van der Waals surface area contributed by atoms with E-state index in [0.29, 0.717) is 0 Å². The van der Waals surface area contributed by atoms with Crippen molar-refractivity contribution in [2.24, 2.45) is 0 Å². The van der Waals surface area contributed by atoms with Gasteiger partial charge < -0.3 is 0 Å². The predicted molar refractivity (Wildman–Crippen MR) is 144 cm³/mol. The van der Waals surface area contributed by atoms with Crippen molar-refractivity contribution >= 4 is 24.3 Å². The van der Waals surface area contributed by atoms with Gasteiger partial charge in [-0.15, -0.1) is 0 Å². The van der Waals surface area contributed by atoms with Crippen molar-refractivity contribution in [3.05, 3.63) is 144 Å². The minimum absolute atomic E-state index is 0.948. The SMILES string of the molecule is C(=Cc1ncccc1-c1ccccc1)c1ccccc1C=Cc1ncccc1-c1ccccc1. The second-order valence-electron chi connectivity index (χ2n) is 7.90. The van der Waals surface area contributed by atoms with Crippen molar-refractivity contribution in [3.8, 4) is 22.3 Å². The Morgan fingerprint density at radius 3 is 1.24 bits per heavy atom. The molecule has 0 N–H and O–H groups in total. The van der Waals surface area contributed by atoms with Crippen LogP contribution >= 0.6 is 0 Å². The summed E-state index contributed by atoms with van der Waals surface area (Å²) in [4.78, 5) is 9.25. The smallest absolute Gasteiger partial charge is 0.0708 e. The highest BCUT2D eigenvalue weighted by Crippen LogP contribution is 2.26. The number of hydrogen-bond donors (Lipinski definition) is 0. The molecule has 5 aromatic rings. The number of pyridine rings is 2. The molecule has 0 spiro atoms. The second kappa shape index (κ2) is 10.4. The second-order valence-corrected chi connectivity index (χ2v) is 7.90. The van der Waals surface area contributed by atoms with Crippen LogP contribution in [0.25, 0.3) is 46.6 Å². The molecule has 0 saturated carbocycles. The summed E-state index contributed by atoms with van der Waals surface area (Å²) in [5.74, 6) is 0. The average Bonchev–Trinajstić information content (AvgIpc) is 2.92. The molecule has 0 fully saturated rings. The van der Waals surface area contributed by atoms with Gasteiger partial charge in [-0.25, -0.2) is 0 Å². The topological polar surface area (TPSA) is 25.8 Å². The zero-order valence-electron chi connectivity index (χ0n) is 18.8. The monoisotopic (exact) mass is 436 g/mol. The van der Waals surface area contributed by atoms with Crippen LogP contribution in [0.3, 0.4) is 0 Å². The summed E-state index contributed by atoms with van der Waals surface area (Å²) in [7, 11) is 0. The maximum absolute atomic E-state index is 4.62. The first-order valence-corrected chi connectivity index (χ1v) is 11.3. The highest BCUT2D eigenvalue weighted by atomic mass is 14.7. The van der Waals surface area contributed by atoms with Crippen LogP contribution < -0.4 is 0 Å². The maximum atomic E-state index is 4.62. The average molecular weight is 437 g/mol. The van der Waals surface area contributed by atoms with Crippen LogP contribution in [0.15, 0.2) is 122 Å². The van der Waals surface area contributed by atoms with E-state index in [9.17, 15) is 0 Å². The van der Waals surface area contributed by atoms with Gasteiger partial charge in [0.25, 0.3) is 0 Å². The molecule has 2 heterocycles. The van der Waals surface area contributed by atoms with Crippen molar-refractivity contribution < 1.29 is 0 Å². The molecular formula is C32H24N2. The molecule has 0 amide bonds. The van der Waals surface area contributed by atoms with E-state index in [1.54, 1.807) is 0 Å². The van der Waals surface area contributed by atoms with E-state index >= 15 is 0 Å². The van der Waals surface area contributed by atoms with Crippen LogP contribution in [-0.4, -0.2) is 9.97 Å². The minimum atomic E-state index is 0.948. The lowest BCUT2D eigenvalue weighted by Crippen LogP contribution is -1.88. The Bertz CT molecular complexity index is 1320. The van der Waals surface area contributed by atoms with Crippen molar-refractivity contribution in [1.29, 1.82) is 0 Å². The molecular weight excluding hydrogens is 412 g/mol. The van der Waals surface area contributed by atoms with Gasteiger partial charge in [-0.05, 0) is 46.5 Å². The molecule has 0 aliphatic heterocycles. The van der Waals surface area contributed by atoms with Crippen LogP contribution in [-0.2, 0) is 0 Å². The van der Waals surface area contributed by atoms with Gasteiger partial charge in [0.1, 0.15) is 0 Å². The zero-order chi connectivity index (χ0) is 23.0. The van der Waals surface area contributed by atoms with Crippen molar-refractivity contribution in [1.82, 2.24) is 9.97 Å². The molecule has 0 atom stereocenters. The Labute approximate surface area is 200 Å². The first-order valence-electron chi connectivity index (χ1n) is 11.3. The summed E-state index contributed by atoms with van der Waals surface area (Å²) in [6.07, 6.45) is 12.1. The van der Waals surface area contributed by atoms with Crippen LogP contribution in [0, 0.1) is 0 Å². The summed E-state index contributed by atoms with van der Waals surface area (Å²) < 4.78 is 0. The number of benzene rings is 3. The molecule has 2 heteroatoms. The van der Waals surface area contributed by atoms with E-state index in [0.717, 1.165) is 44.8 Å². The van der Waals surface area contributed by atoms with Crippen molar-refractivity contribution in [2.75, 3.05) is 0 Å². The fraction of sp³-hybridized carbons (Fsp3) is 0. The standard InChI is InChI=1S/C32H24N2/c1-3-13-27(14-4-1)29-17-9-23-33-31(29)21-19-25-11-7-8-12-26(25)20-22-32-30(18-10-24-34-32)28-15-5-2-6-16-28/h1-24H. The quantitative estimate of drug-likeness (QED) is 0.268. The normalized spacial score (nSPS) is 11.3. The first-order chi connectivity index (χ1) is 16.9. The third-order valence-corrected chi connectivity index (χ3v) is 5.68. The Balaban J connectivity index is 1.46. The van der Waals surface area contributed by atoms with Gasteiger partial charge in [-0.2, -0.15) is 0 Å². The Kier molecular flexibility index (Phi) is 6.50. The molecule has 0 aliphatic carbocycles. The lowest BCUT2D eigenvalue weighted by molar-refractivity contribution is 1.30. The molecule has 0 aliphatic rings. The number of hydrogen-bond acceptors (Lipinski definition) is 2. The van der Waals surface area contributed by atoms with Crippen molar-refractivity contribution in [3.63, 3.8) is 0 Å². The van der Waals surface area contributed by atoms with Crippen LogP contribution in [0.2, 0.25) is 0 Å². The number of aromatic nitrogens is 2. The van der Waals surface area contributed by atoms with E-state index in [-0.39, 0.29) is 0 Å². The molecule has 162 valence electrons.